The average Bonchev–Trinajstić information content (AvgIpc) is 3.40. The maximum absolute atomic E-state index is 12.7. The molecule has 0 aliphatic heterocycles. The van der Waals surface area contributed by atoms with Gasteiger partial charge in [-0.15, -0.1) is 0 Å². The highest BCUT2D eigenvalue weighted by Crippen LogP contribution is 2.47. The quantitative estimate of drug-likeness (QED) is 0.461. The molecule has 1 aliphatic rings. The molecule has 7 nitrogen and oxygen atoms in total. The summed E-state index contributed by atoms with van der Waals surface area (Å²) in [5.74, 6) is -2.78. The summed E-state index contributed by atoms with van der Waals surface area (Å²) in [5, 5.41) is 0. The van der Waals surface area contributed by atoms with Crippen LogP contribution >= 0.6 is 0 Å². The zero-order valence-electron chi connectivity index (χ0n) is 13.8. The van der Waals surface area contributed by atoms with Crippen molar-refractivity contribution < 1.29 is 37.1 Å². The summed E-state index contributed by atoms with van der Waals surface area (Å²) < 4.78 is 42.9. The van der Waals surface area contributed by atoms with Crippen LogP contribution in [0.2, 0.25) is 0 Å². The van der Waals surface area contributed by atoms with Gasteiger partial charge in [0.05, 0.1) is 12.2 Å². The summed E-state index contributed by atoms with van der Waals surface area (Å²) in [6.45, 7) is 1.66. The molecule has 1 aromatic rings. The molecule has 1 aliphatic carbocycles. The van der Waals surface area contributed by atoms with Crippen LogP contribution in [0.15, 0.2) is 24.3 Å². The monoisotopic (exact) mass is 374 g/mol. The van der Waals surface area contributed by atoms with Crippen LogP contribution in [-0.2, 0) is 30.1 Å². The lowest BCUT2D eigenvalue weighted by molar-refractivity contribution is -0.172. The summed E-state index contributed by atoms with van der Waals surface area (Å²) >= 11 is 0. The molecule has 3 N–H and O–H groups in total. The Morgan fingerprint density at radius 3 is 2.46 bits per heavy atom. The van der Waals surface area contributed by atoms with Crippen molar-refractivity contribution in [3.63, 3.8) is 0 Å². The van der Waals surface area contributed by atoms with E-state index in [9.17, 15) is 27.6 Å². The molecule has 1 aromatic carbocycles. The molecule has 142 valence electrons. The van der Waals surface area contributed by atoms with Gasteiger partial charge in [-0.25, -0.2) is 4.79 Å². The number of hydroxylamine groups is 1. The van der Waals surface area contributed by atoms with E-state index in [2.05, 4.69) is 4.84 Å². The second-order valence-electron chi connectivity index (χ2n) is 5.76. The number of hydrogen-bond donors (Lipinski definition) is 2. The molecule has 1 atom stereocenters. The van der Waals surface area contributed by atoms with Gasteiger partial charge in [-0.1, -0.05) is 12.1 Å². The average molecular weight is 374 g/mol. The molecule has 0 bridgehead atoms. The first-order valence-corrected chi connectivity index (χ1v) is 7.73. The van der Waals surface area contributed by atoms with Crippen LogP contribution < -0.4 is 11.2 Å². The van der Waals surface area contributed by atoms with E-state index in [0.717, 1.165) is 18.2 Å². The van der Waals surface area contributed by atoms with Crippen molar-refractivity contribution in [2.75, 3.05) is 6.61 Å². The molecular formula is C16H17F3N2O5. The minimum atomic E-state index is -4.59. The van der Waals surface area contributed by atoms with E-state index in [4.69, 9.17) is 10.5 Å². The molecule has 0 radical (unpaired) electrons. The highest BCUT2D eigenvalue weighted by atomic mass is 19.4. The third-order valence-electron chi connectivity index (χ3n) is 3.91. The normalized spacial score (nSPS) is 16.3. The SMILES string of the molecule is CCOC(=O)C1(C(=O)ONC(=O)C(N)c2cccc(C(F)(F)F)c2)CC1. The van der Waals surface area contributed by atoms with Gasteiger partial charge in [0.1, 0.15) is 6.04 Å². The Bertz CT molecular complexity index is 716. The number of carbonyl (C=O) groups is 3. The van der Waals surface area contributed by atoms with Gasteiger partial charge < -0.3 is 15.3 Å². The Labute approximate surface area is 146 Å². The Balaban J connectivity index is 1.98. The van der Waals surface area contributed by atoms with Gasteiger partial charge in [-0.3, -0.25) is 9.59 Å². The molecule has 1 saturated carbocycles. The zero-order valence-corrected chi connectivity index (χ0v) is 13.8. The Morgan fingerprint density at radius 1 is 1.27 bits per heavy atom. The Kier molecular flexibility index (Phi) is 5.55. The molecule has 1 amide bonds. The van der Waals surface area contributed by atoms with E-state index in [1.54, 1.807) is 12.4 Å². The predicted molar refractivity (Wildman–Crippen MR) is 80.9 cm³/mol. The van der Waals surface area contributed by atoms with Crippen LogP contribution in [0.4, 0.5) is 13.2 Å². The fourth-order valence-electron chi connectivity index (χ4n) is 2.20. The first-order chi connectivity index (χ1) is 12.1. The largest absolute Gasteiger partial charge is 0.465 e. The van der Waals surface area contributed by atoms with Crippen molar-refractivity contribution in [2.24, 2.45) is 11.1 Å². The van der Waals surface area contributed by atoms with Gasteiger partial charge in [-0.2, -0.15) is 18.7 Å². The number of hydrogen-bond acceptors (Lipinski definition) is 6. The van der Waals surface area contributed by atoms with E-state index < -0.39 is 41.0 Å². The molecule has 0 saturated heterocycles. The van der Waals surface area contributed by atoms with Crippen molar-refractivity contribution >= 4 is 17.8 Å². The summed E-state index contributed by atoms with van der Waals surface area (Å²) in [5.41, 5.74) is 4.87. The number of amides is 1. The topological polar surface area (TPSA) is 108 Å². The lowest BCUT2D eigenvalue weighted by atomic mass is 10.0. The van der Waals surface area contributed by atoms with Crippen LogP contribution in [0.3, 0.4) is 0 Å². The molecule has 0 spiro atoms. The summed E-state index contributed by atoms with van der Waals surface area (Å²) in [6, 6.07) is 2.42. The smallest absolute Gasteiger partial charge is 0.416 e. The van der Waals surface area contributed by atoms with E-state index in [1.165, 1.54) is 6.07 Å². The molecule has 1 fully saturated rings. The highest BCUT2D eigenvalue weighted by Gasteiger charge is 2.60. The van der Waals surface area contributed by atoms with E-state index in [1.807, 2.05) is 0 Å². The minimum absolute atomic E-state index is 0.0840. The van der Waals surface area contributed by atoms with Crippen LogP contribution in [0.25, 0.3) is 0 Å². The molecule has 26 heavy (non-hydrogen) atoms. The molecule has 0 heterocycles. The first kappa shape index (κ1) is 19.7. The number of carbonyl (C=O) groups excluding carboxylic acids is 3. The minimum Gasteiger partial charge on any atom is -0.465 e. The van der Waals surface area contributed by atoms with Gasteiger partial charge >= 0.3 is 18.1 Å². The highest BCUT2D eigenvalue weighted by molar-refractivity contribution is 6.03. The third-order valence-corrected chi connectivity index (χ3v) is 3.91. The molecule has 1 unspecified atom stereocenters. The van der Waals surface area contributed by atoms with Crippen molar-refractivity contribution in [2.45, 2.75) is 32.0 Å². The lowest BCUT2D eigenvalue weighted by Gasteiger charge is -2.16. The van der Waals surface area contributed by atoms with Crippen molar-refractivity contribution in [1.82, 2.24) is 5.48 Å². The second-order valence-corrected chi connectivity index (χ2v) is 5.76. The standard InChI is InChI=1S/C16H17F3N2O5/c1-2-25-13(23)15(6-7-15)14(24)26-21-12(22)11(20)9-4-3-5-10(8-9)16(17,18)19/h3-5,8,11H,2,6-7,20H2,1H3,(H,21,22). The number of benzene rings is 1. The van der Waals surface area contributed by atoms with E-state index in [-0.39, 0.29) is 25.0 Å². The van der Waals surface area contributed by atoms with Crippen LogP contribution in [0, 0.1) is 5.41 Å². The van der Waals surface area contributed by atoms with Gasteiger partial charge in [-0.05, 0) is 37.5 Å². The third kappa shape index (κ3) is 4.13. The van der Waals surface area contributed by atoms with Crippen molar-refractivity contribution in [1.29, 1.82) is 0 Å². The summed E-state index contributed by atoms with van der Waals surface area (Å²) in [6.07, 6.45) is -4.14. The summed E-state index contributed by atoms with van der Waals surface area (Å²) in [4.78, 5) is 40.2. The van der Waals surface area contributed by atoms with Crippen molar-refractivity contribution in [3.05, 3.63) is 35.4 Å². The maximum atomic E-state index is 12.7. The fraction of sp³-hybridized carbons (Fsp3) is 0.438. The van der Waals surface area contributed by atoms with Gasteiger partial charge in [0.25, 0.3) is 5.91 Å². The second kappa shape index (κ2) is 7.32. The first-order valence-electron chi connectivity index (χ1n) is 7.73. The number of alkyl halides is 3. The lowest BCUT2D eigenvalue weighted by Crippen LogP contribution is -2.39. The number of nitrogens with two attached hydrogens (primary N) is 1. The fourth-order valence-corrected chi connectivity index (χ4v) is 2.20. The van der Waals surface area contributed by atoms with Gasteiger partial charge in [0.2, 0.25) is 0 Å². The van der Waals surface area contributed by atoms with Crippen molar-refractivity contribution in [3.8, 4) is 0 Å². The molecule has 2 rings (SSSR count). The predicted octanol–water partition coefficient (Wildman–Crippen LogP) is 1.62. The van der Waals surface area contributed by atoms with Gasteiger partial charge in [0.15, 0.2) is 5.41 Å². The number of halogens is 3. The Morgan fingerprint density at radius 2 is 1.92 bits per heavy atom. The number of rotatable bonds is 5. The molecule has 10 heteroatoms. The number of ether oxygens (including phenoxy) is 1. The number of esters is 1. The summed E-state index contributed by atoms with van der Waals surface area (Å²) in [7, 11) is 0. The molecule has 0 aromatic heterocycles. The van der Waals surface area contributed by atoms with Gasteiger partial charge in [0, 0.05) is 0 Å². The van der Waals surface area contributed by atoms with Crippen LogP contribution in [0.1, 0.15) is 36.9 Å². The van der Waals surface area contributed by atoms with E-state index >= 15 is 0 Å². The Hall–Kier alpha value is -2.62. The van der Waals surface area contributed by atoms with Crippen LogP contribution in [-0.4, -0.2) is 24.5 Å². The zero-order chi connectivity index (χ0) is 19.5. The van der Waals surface area contributed by atoms with Crippen LogP contribution in [0.5, 0.6) is 0 Å². The van der Waals surface area contributed by atoms with E-state index in [0.29, 0.717) is 0 Å². The number of nitrogens with one attached hydrogen (secondary N) is 1. The molecular weight excluding hydrogens is 357 g/mol. The maximum Gasteiger partial charge on any atom is 0.416 e.